The number of hydrogen-bond donors (Lipinski definition) is 1. The van der Waals surface area contributed by atoms with Gasteiger partial charge in [-0.2, -0.15) is 4.98 Å². The molecule has 96 valence electrons. The van der Waals surface area contributed by atoms with Gasteiger partial charge in [-0.25, -0.2) is 4.39 Å². The lowest BCUT2D eigenvalue weighted by Crippen LogP contribution is -2.14. The van der Waals surface area contributed by atoms with Crippen LogP contribution in [0.3, 0.4) is 0 Å². The summed E-state index contributed by atoms with van der Waals surface area (Å²) in [7, 11) is 0. The Labute approximate surface area is 113 Å². The molecular weight excluding hydrogens is 301 g/mol. The first-order valence-electron chi connectivity index (χ1n) is 5.64. The molecule has 0 aliphatic rings. The Kier molecular flexibility index (Phi) is 4.08. The Morgan fingerprint density at radius 1 is 1.50 bits per heavy atom. The van der Waals surface area contributed by atoms with E-state index >= 15 is 0 Å². The van der Waals surface area contributed by atoms with Crippen LogP contribution in [-0.4, -0.2) is 10.1 Å². The van der Waals surface area contributed by atoms with Crippen LogP contribution in [0.4, 0.5) is 4.39 Å². The highest BCUT2D eigenvalue weighted by Gasteiger charge is 2.18. The quantitative estimate of drug-likeness (QED) is 0.942. The van der Waals surface area contributed by atoms with Gasteiger partial charge in [0.05, 0.1) is 6.04 Å². The monoisotopic (exact) mass is 313 g/mol. The highest BCUT2D eigenvalue weighted by atomic mass is 79.9. The number of rotatable bonds is 4. The largest absolute Gasteiger partial charge is 0.339 e. The van der Waals surface area contributed by atoms with E-state index in [1.54, 1.807) is 6.07 Å². The number of aromatic nitrogens is 2. The Bertz CT molecular complexity index is 544. The van der Waals surface area contributed by atoms with Gasteiger partial charge in [0.15, 0.2) is 5.82 Å². The van der Waals surface area contributed by atoms with E-state index in [0.717, 1.165) is 18.4 Å². The maximum absolute atomic E-state index is 13.0. The minimum atomic E-state index is -0.533. The summed E-state index contributed by atoms with van der Waals surface area (Å²) in [5.74, 6) is 0.657. The summed E-state index contributed by atoms with van der Waals surface area (Å²) in [6, 6.07) is 3.80. The van der Waals surface area contributed by atoms with E-state index in [2.05, 4.69) is 26.1 Å². The highest BCUT2D eigenvalue weighted by molar-refractivity contribution is 9.10. The minimum Gasteiger partial charge on any atom is -0.339 e. The zero-order valence-electron chi connectivity index (χ0n) is 9.86. The topological polar surface area (TPSA) is 64.9 Å². The fourth-order valence-electron chi connectivity index (χ4n) is 1.60. The number of benzene rings is 1. The number of aryl methyl sites for hydroxylation is 1. The Morgan fingerprint density at radius 3 is 2.94 bits per heavy atom. The molecule has 4 nitrogen and oxygen atoms in total. The van der Waals surface area contributed by atoms with Crippen molar-refractivity contribution >= 4 is 15.9 Å². The summed E-state index contributed by atoms with van der Waals surface area (Å²) in [5, 5.41) is 3.85. The zero-order valence-corrected chi connectivity index (χ0v) is 11.4. The average Bonchev–Trinajstić information content (AvgIpc) is 2.77. The van der Waals surface area contributed by atoms with Gasteiger partial charge in [-0.05, 0) is 24.1 Å². The maximum Gasteiger partial charge on any atom is 0.226 e. The lowest BCUT2D eigenvalue weighted by Gasteiger charge is -2.09. The first-order chi connectivity index (χ1) is 8.61. The van der Waals surface area contributed by atoms with Crippen LogP contribution in [-0.2, 0) is 6.42 Å². The third-order valence-corrected chi connectivity index (χ3v) is 3.21. The summed E-state index contributed by atoms with van der Waals surface area (Å²) in [6.07, 6.45) is 1.65. The van der Waals surface area contributed by atoms with Crippen molar-refractivity contribution in [3.8, 4) is 0 Å². The third kappa shape index (κ3) is 2.76. The van der Waals surface area contributed by atoms with Gasteiger partial charge in [0.25, 0.3) is 0 Å². The summed E-state index contributed by atoms with van der Waals surface area (Å²) in [5.41, 5.74) is 6.76. The lowest BCUT2D eigenvalue weighted by molar-refractivity contribution is 0.370. The molecule has 1 unspecified atom stereocenters. The second-order valence-electron chi connectivity index (χ2n) is 3.94. The van der Waals surface area contributed by atoms with E-state index in [-0.39, 0.29) is 5.82 Å². The van der Waals surface area contributed by atoms with Gasteiger partial charge in [0.2, 0.25) is 5.89 Å². The van der Waals surface area contributed by atoms with Crippen molar-refractivity contribution in [2.45, 2.75) is 25.8 Å². The molecule has 0 aliphatic heterocycles. The maximum atomic E-state index is 13.0. The van der Waals surface area contributed by atoms with Crippen LogP contribution in [0.15, 0.2) is 27.2 Å². The van der Waals surface area contributed by atoms with Crippen molar-refractivity contribution in [3.63, 3.8) is 0 Å². The molecule has 0 spiro atoms. The molecule has 1 aromatic heterocycles. The molecule has 0 saturated carbocycles. The number of halogens is 2. The number of nitrogens with zero attached hydrogens (tertiary/aromatic N) is 2. The van der Waals surface area contributed by atoms with Crippen LogP contribution in [0, 0.1) is 5.82 Å². The van der Waals surface area contributed by atoms with Crippen LogP contribution in [0.25, 0.3) is 0 Å². The van der Waals surface area contributed by atoms with Gasteiger partial charge in [-0.1, -0.05) is 34.1 Å². The second kappa shape index (κ2) is 5.58. The van der Waals surface area contributed by atoms with E-state index in [4.69, 9.17) is 10.3 Å². The van der Waals surface area contributed by atoms with Crippen LogP contribution < -0.4 is 5.73 Å². The summed E-state index contributed by atoms with van der Waals surface area (Å²) in [4.78, 5) is 4.22. The van der Waals surface area contributed by atoms with E-state index in [1.807, 2.05) is 6.92 Å². The summed E-state index contributed by atoms with van der Waals surface area (Å²) < 4.78 is 18.7. The Balaban J connectivity index is 2.26. The lowest BCUT2D eigenvalue weighted by atomic mass is 10.1. The van der Waals surface area contributed by atoms with Crippen molar-refractivity contribution in [1.82, 2.24) is 10.1 Å². The predicted octanol–water partition coefficient (Wildman–Crippen LogP) is 2.97. The van der Waals surface area contributed by atoms with Crippen LogP contribution in [0.2, 0.25) is 0 Å². The molecule has 1 heterocycles. The molecule has 0 aliphatic carbocycles. The number of nitrogens with two attached hydrogens (primary N) is 1. The van der Waals surface area contributed by atoms with E-state index in [1.165, 1.54) is 12.1 Å². The fourth-order valence-corrected chi connectivity index (χ4v) is 2.20. The first-order valence-corrected chi connectivity index (χ1v) is 6.44. The summed E-state index contributed by atoms with van der Waals surface area (Å²) >= 11 is 3.28. The summed E-state index contributed by atoms with van der Waals surface area (Å²) in [6.45, 7) is 2.03. The molecule has 0 amide bonds. The van der Waals surface area contributed by atoms with Crippen molar-refractivity contribution < 1.29 is 8.91 Å². The smallest absolute Gasteiger partial charge is 0.226 e. The molecule has 2 N–H and O–H groups in total. The molecule has 2 rings (SSSR count). The Hall–Kier alpha value is -1.27. The molecule has 2 aromatic rings. The van der Waals surface area contributed by atoms with Gasteiger partial charge in [-0.3, -0.25) is 0 Å². The molecule has 18 heavy (non-hydrogen) atoms. The predicted molar refractivity (Wildman–Crippen MR) is 68.4 cm³/mol. The zero-order chi connectivity index (χ0) is 13.1. The molecule has 0 bridgehead atoms. The highest BCUT2D eigenvalue weighted by Crippen LogP contribution is 2.26. The molecule has 0 saturated heterocycles. The fraction of sp³-hybridized carbons (Fsp3) is 0.333. The van der Waals surface area contributed by atoms with Crippen LogP contribution >= 0.6 is 15.9 Å². The normalized spacial score (nSPS) is 12.7. The van der Waals surface area contributed by atoms with Gasteiger partial charge in [0.1, 0.15) is 5.82 Å². The van der Waals surface area contributed by atoms with E-state index in [0.29, 0.717) is 16.2 Å². The minimum absolute atomic E-state index is 0.322. The van der Waals surface area contributed by atoms with Crippen molar-refractivity contribution in [2.75, 3.05) is 0 Å². The van der Waals surface area contributed by atoms with Crippen LogP contribution in [0.5, 0.6) is 0 Å². The molecule has 0 radical (unpaired) electrons. The standard InChI is InChI=1S/C12H13BrFN3O/c1-2-3-10-16-12(17-18-10)11(15)8-5-4-7(14)6-9(8)13/h4-6,11H,2-3,15H2,1H3. The second-order valence-corrected chi connectivity index (χ2v) is 4.79. The first kappa shape index (κ1) is 13.2. The Morgan fingerprint density at radius 2 is 2.28 bits per heavy atom. The van der Waals surface area contributed by atoms with Gasteiger partial charge in [0, 0.05) is 10.9 Å². The van der Waals surface area contributed by atoms with Crippen LogP contribution in [0.1, 0.15) is 36.7 Å². The van der Waals surface area contributed by atoms with Crippen molar-refractivity contribution in [3.05, 3.63) is 45.8 Å². The molecule has 6 heteroatoms. The number of hydrogen-bond acceptors (Lipinski definition) is 4. The van der Waals surface area contributed by atoms with E-state index in [9.17, 15) is 4.39 Å². The third-order valence-electron chi connectivity index (χ3n) is 2.52. The van der Waals surface area contributed by atoms with Crippen molar-refractivity contribution in [2.24, 2.45) is 5.73 Å². The van der Waals surface area contributed by atoms with Gasteiger partial charge >= 0.3 is 0 Å². The molecule has 0 fully saturated rings. The molecule has 1 aromatic carbocycles. The van der Waals surface area contributed by atoms with E-state index < -0.39 is 6.04 Å². The van der Waals surface area contributed by atoms with Gasteiger partial charge in [-0.15, -0.1) is 0 Å². The SMILES string of the molecule is CCCc1nc(C(N)c2ccc(F)cc2Br)no1. The average molecular weight is 314 g/mol. The van der Waals surface area contributed by atoms with Gasteiger partial charge < -0.3 is 10.3 Å². The molecular formula is C12H13BrFN3O. The van der Waals surface area contributed by atoms with Crippen molar-refractivity contribution in [1.29, 1.82) is 0 Å². The molecule has 1 atom stereocenters.